The van der Waals surface area contributed by atoms with Crippen molar-refractivity contribution in [2.24, 2.45) is 5.92 Å². The first kappa shape index (κ1) is 10.1. The lowest BCUT2D eigenvalue weighted by Gasteiger charge is -2.29. The van der Waals surface area contributed by atoms with Crippen molar-refractivity contribution < 1.29 is 0 Å². The van der Waals surface area contributed by atoms with Crippen LogP contribution in [-0.4, -0.2) is 16.6 Å². The molecular formula is C10H17N3S. The van der Waals surface area contributed by atoms with Gasteiger partial charge in [0.2, 0.25) is 0 Å². The van der Waals surface area contributed by atoms with E-state index in [0.29, 0.717) is 6.04 Å². The highest BCUT2D eigenvalue weighted by Crippen LogP contribution is 2.35. The number of nitrogens with one attached hydrogen (secondary N) is 1. The van der Waals surface area contributed by atoms with Gasteiger partial charge in [0, 0.05) is 6.04 Å². The van der Waals surface area contributed by atoms with Gasteiger partial charge in [0.05, 0.1) is 10.6 Å². The van der Waals surface area contributed by atoms with Gasteiger partial charge in [-0.1, -0.05) is 23.8 Å². The predicted molar refractivity (Wildman–Crippen MR) is 58.4 cm³/mol. The summed E-state index contributed by atoms with van der Waals surface area (Å²) in [6, 6.07) is 0.472. The second-order valence-electron chi connectivity index (χ2n) is 4.10. The van der Waals surface area contributed by atoms with Crippen molar-refractivity contribution in [2.45, 2.75) is 38.6 Å². The normalized spacial score (nSPS) is 19.3. The van der Waals surface area contributed by atoms with Crippen molar-refractivity contribution in [3.63, 3.8) is 0 Å². The van der Waals surface area contributed by atoms with Crippen LogP contribution in [0.15, 0.2) is 0 Å². The predicted octanol–water partition coefficient (Wildman–Crippen LogP) is 2.30. The summed E-state index contributed by atoms with van der Waals surface area (Å²) in [5.41, 5.74) is 1.09. The highest BCUT2D eigenvalue weighted by Gasteiger charge is 2.24. The van der Waals surface area contributed by atoms with Crippen LogP contribution in [0, 0.1) is 12.8 Å². The van der Waals surface area contributed by atoms with E-state index in [1.54, 1.807) is 0 Å². The first-order valence-corrected chi connectivity index (χ1v) is 6.04. The monoisotopic (exact) mass is 211 g/mol. The SMILES string of the molecule is CNC(CC1CCC1)c1snnc1C. The van der Waals surface area contributed by atoms with E-state index in [1.807, 2.05) is 14.0 Å². The molecule has 0 aromatic carbocycles. The Labute approximate surface area is 89.1 Å². The molecule has 0 saturated heterocycles. The highest BCUT2D eigenvalue weighted by atomic mass is 32.1. The van der Waals surface area contributed by atoms with E-state index in [1.165, 1.54) is 42.1 Å². The Kier molecular flexibility index (Phi) is 3.13. The fourth-order valence-corrected chi connectivity index (χ4v) is 2.74. The molecule has 1 aromatic rings. The summed E-state index contributed by atoms with van der Waals surface area (Å²) in [5, 5.41) is 7.44. The van der Waals surface area contributed by atoms with Gasteiger partial charge >= 0.3 is 0 Å². The molecule has 1 saturated carbocycles. The second kappa shape index (κ2) is 4.36. The topological polar surface area (TPSA) is 37.8 Å². The third-order valence-electron chi connectivity index (χ3n) is 3.15. The smallest absolute Gasteiger partial charge is 0.0772 e. The number of aromatic nitrogens is 2. The summed E-state index contributed by atoms with van der Waals surface area (Å²) in [5.74, 6) is 0.925. The summed E-state index contributed by atoms with van der Waals surface area (Å²) in [7, 11) is 2.03. The van der Waals surface area contributed by atoms with E-state index in [0.717, 1.165) is 11.6 Å². The van der Waals surface area contributed by atoms with Crippen LogP contribution in [0.2, 0.25) is 0 Å². The fraction of sp³-hybridized carbons (Fsp3) is 0.800. The molecule has 1 aliphatic carbocycles. The van der Waals surface area contributed by atoms with Gasteiger partial charge in [0.1, 0.15) is 0 Å². The summed E-state index contributed by atoms with van der Waals surface area (Å²) in [6.45, 7) is 2.05. The van der Waals surface area contributed by atoms with Gasteiger partial charge < -0.3 is 5.32 Å². The zero-order chi connectivity index (χ0) is 9.97. The summed E-state index contributed by atoms with van der Waals surface area (Å²) < 4.78 is 3.99. The van der Waals surface area contributed by atoms with E-state index < -0.39 is 0 Å². The van der Waals surface area contributed by atoms with E-state index in [-0.39, 0.29) is 0 Å². The third kappa shape index (κ3) is 1.96. The Morgan fingerprint density at radius 1 is 1.57 bits per heavy atom. The molecular weight excluding hydrogens is 194 g/mol. The zero-order valence-electron chi connectivity index (χ0n) is 8.79. The van der Waals surface area contributed by atoms with Gasteiger partial charge in [-0.2, -0.15) is 0 Å². The first-order valence-electron chi connectivity index (χ1n) is 5.27. The Bertz CT molecular complexity index is 293. The van der Waals surface area contributed by atoms with E-state index in [4.69, 9.17) is 0 Å². The number of hydrogen-bond donors (Lipinski definition) is 1. The number of hydrogen-bond acceptors (Lipinski definition) is 4. The molecule has 1 atom stereocenters. The zero-order valence-corrected chi connectivity index (χ0v) is 9.60. The van der Waals surface area contributed by atoms with Gasteiger partial charge in [-0.05, 0) is 37.8 Å². The van der Waals surface area contributed by atoms with Crippen LogP contribution in [-0.2, 0) is 0 Å². The molecule has 0 spiro atoms. The molecule has 1 fully saturated rings. The van der Waals surface area contributed by atoms with Crippen LogP contribution >= 0.6 is 11.5 Å². The number of rotatable bonds is 4. The van der Waals surface area contributed by atoms with Crippen molar-refractivity contribution >= 4 is 11.5 Å². The third-order valence-corrected chi connectivity index (χ3v) is 4.09. The molecule has 2 rings (SSSR count). The number of aryl methyl sites for hydroxylation is 1. The number of nitrogens with zero attached hydrogens (tertiary/aromatic N) is 2. The molecule has 4 heteroatoms. The van der Waals surface area contributed by atoms with E-state index in [2.05, 4.69) is 14.9 Å². The van der Waals surface area contributed by atoms with Gasteiger partial charge in [0.25, 0.3) is 0 Å². The molecule has 0 amide bonds. The summed E-state index contributed by atoms with van der Waals surface area (Å²) >= 11 is 1.54. The molecule has 1 unspecified atom stereocenters. The average Bonchev–Trinajstić information content (AvgIpc) is 2.51. The minimum atomic E-state index is 0.472. The largest absolute Gasteiger partial charge is 0.312 e. The van der Waals surface area contributed by atoms with Crippen LogP contribution in [0.5, 0.6) is 0 Å². The van der Waals surface area contributed by atoms with Gasteiger partial charge in [-0.25, -0.2) is 0 Å². The van der Waals surface area contributed by atoms with Crippen molar-refractivity contribution in [3.8, 4) is 0 Å². The standard InChI is InChI=1S/C10H17N3S/c1-7-10(14-13-12-7)9(11-2)6-8-4-3-5-8/h8-9,11H,3-6H2,1-2H3. The molecule has 0 radical (unpaired) electrons. The Morgan fingerprint density at radius 2 is 2.36 bits per heavy atom. The Hall–Kier alpha value is -0.480. The van der Waals surface area contributed by atoms with Crippen LogP contribution in [0.4, 0.5) is 0 Å². The van der Waals surface area contributed by atoms with E-state index >= 15 is 0 Å². The molecule has 1 aliphatic rings. The van der Waals surface area contributed by atoms with Gasteiger partial charge in [-0.3, -0.25) is 0 Å². The van der Waals surface area contributed by atoms with Gasteiger partial charge in [0.15, 0.2) is 0 Å². The molecule has 1 heterocycles. The van der Waals surface area contributed by atoms with Crippen molar-refractivity contribution in [2.75, 3.05) is 7.05 Å². The molecule has 14 heavy (non-hydrogen) atoms. The summed E-state index contributed by atoms with van der Waals surface area (Å²) in [4.78, 5) is 1.32. The fourth-order valence-electron chi connectivity index (χ4n) is 1.97. The van der Waals surface area contributed by atoms with Crippen molar-refractivity contribution in [1.29, 1.82) is 0 Å². The highest BCUT2D eigenvalue weighted by molar-refractivity contribution is 7.05. The average molecular weight is 211 g/mol. The molecule has 0 aliphatic heterocycles. The van der Waals surface area contributed by atoms with Gasteiger partial charge in [-0.15, -0.1) is 5.10 Å². The van der Waals surface area contributed by atoms with Crippen molar-refractivity contribution in [3.05, 3.63) is 10.6 Å². The quantitative estimate of drug-likeness (QED) is 0.830. The lowest BCUT2D eigenvalue weighted by atomic mass is 9.80. The maximum absolute atomic E-state index is 4.07. The maximum Gasteiger partial charge on any atom is 0.0772 e. The van der Waals surface area contributed by atoms with Crippen LogP contribution < -0.4 is 5.32 Å². The Balaban J connectivity index is 2.01. The lowest BCUT2D eigenvalue weighted by Crippen LogP contribution is -2.23. The minimum Gasteiger partial charge on any atom is -0.312 e. The lowest BCUT2D eigenvalue weighted by molar-refractivity contribution is 0.266. The molecule has 0 bridgehead atoms. The molecule has 1 N–H and O–H groups in total. The van der Waals surface area contributed by atoms with Crippen LogP contribution in [0.25, 0.3) is 0 Å². The molecule has 1 aromatic heterocycles. The molecule has 3 nitrogen and oxygen atoms in total. The van der Waals surface area contributed by atoms with Crippen LogP contribution in [0.1, 0.15) is 42.3 Å². The van der Waals surface area contributed by atoms with E-state index in [9.17, 15) is 0 Å². The van der Waals surface area contributed by atoms with Crippen LogP contribution in [0.3, 0.4) is 0 Å². The first-order chi connectivity index (χ1) is 6.81. The molecule has 78 valence electrons. The summed E-state index contributed by atoms with van der Waals surface area (Å²) in [6.07, 6.45) is 5.48. The maximum atomic E-state index is 4.07. The van der Waals surface area contributed by atoms with Crippen molar-refractivity contribution in [1.82, 2.24) is 14.9 Å². The second-order valence-corrected chi connectivity index (χ2v) is 4.88. The minimum absolute atomic E-state index is 0.472. The Morgan fingerprint density at radius 3 is 2.79 bits per heavy atom.